The number of hydrogen-bond donors (Lipinski definition) is 4. The Labute approximate surface area is 217 Å². The normalized spacial score (nSPS) is 18.2. The first-order valence-electron chi connectivity index (χ1n) is 11.8. The highest BCUT2D eigenvalue weighted by Crippen LogP contribution is 2.30. The number of guanidine groups is 1. The maximum absolute atomic E-state index is 13.6. The molecule has 0 aliphatic carbocycles. The molecule has 0 unspecified atom stereocenters. The molecule has 0 spiro atoms. The summed E-state index contributed by atoms with van der Waals surface area (Å²) in [6.45, 7) is 4.22. The fourth-order valence-electron chi connectivity index (χ4n) is 4.12. The Morgan fingerprint density at radius 3 is 2.53 bits per heavy atom. The SMILES string of the molecule is CCOC(=O)N[C@H](Cc1ccccc1)C(=O)N1CCC[C@@]1(C)C(=O)N[C@H](C=O)CCCN=C(N)N.Cl. The number of ether oxygens (including phenoxy) is 1. The molecular weight excluding hydrogens is 488 g/mol. The van der Waals surface area contributed by atoms with Gasteiger partial charge >= 0.3 is 6.09 Å². The summed E-state index contributed by atoms with van der Waals surface area (Å²) >= 11 is 0. The van der Waals surface area contributed by atoms with Gasteiger partial charge in [-0.05, 0) is 45.1 Å². The molecule has 200 valence electrons. The lowest BCUT2D eigenvalue weighted by Gasteiger charge is -2.37. The van der Waals surface area contributed by atoms with Gasteiger partial charge in [0.1, 0.15) is 17.9 Å². The summed E-state index contributed by atoms with van der Waals surface area (Å²) in [7, 11) is 0. The number of alkyl carbamates (subject to hydrolysis) is 1. The van der Waals surface area contributed by atoms with Crippen molar-refractivity contribution in [3.05, 3.63) is 35.9 Å². The van der Waals surface area contributed by atoms with E-state index >= 15 is 0 Å². The Hall–Kier alpha value is -3.34. The van der Waals surface area contributed by atoms with Gasteiger partial charge in [0, 0.05) is 19.5 Å². The highest BCUT2D eigenvalue weighted by Gasteiger charge is 2.47. The van der Waals surface area contributed by atoms with Crippen LogP contribution in [-0.2, 0) is 25.5 Å². The third-order valence-electron chi connectivity index (χ3n) is 5.99. The average molecular weight is 525 g/mol. The van der Waals surface area contributed by atoms with Gasteiger partial charge in [0.25, 0.3) is 0 Å². The highest BCUT2D eigenvalue weighted by atomic mass is 35.5. The van der Waals surface area contributed by atoms with E-state index < -0.39 is 29.6 Å². The summed E-state index contributed by atoms with van der Waals surface area (Å²) in [5.41, 5.74) is 10.3. The smallest absolute Gasteiger partial charge is 0.407 e. The Bertz CT molecular complexity index is 912. The van der Waals surface area contributed by atoms with Crippen molar-refractivity contribution in [1.82, 2.24) is 15.5 Å². The lowest BCUT2D eigenvalue weighted by Crippen LogP contribution is -2.61. The van der Waals surface area contributed by atoms with Crippen LogP contribution in [0.2, 0.25) is 0 Å². The molecule has 3 amide bonds. The molecule has 1 aliphatic heterocycles. The third kappa shape index (κ3) is 8.71. The zero-order valence-electron chi connectivity index (χ0n) is 20.8. The number of carbonyl (C=O) groups excluding carboxylic acids is 4. The van der Waals surface area contributed by atoms with Crippen molar-refractivity contribution in [2.45, 2.75) is 63.6 Å². The fraction of sp³-hybridized carbons (Fsp3) is 0.542. The molecule has 12 heteroatoms. The third-order valence-corrected chi connectivity index (χ3v) is 5.99. The summed E-state index contributed by atoms with van der Waals surface area (Å²) < 4.78 is 4.99. The molecule has 1 aliphatic rings. The van der Waals surface area contributed by atoms with Gasteiger partial charge in [-0.1, -0.05) is 30.3 Å². The fourth-order valence-corrected chi connectivity index (χ4v) is 4.12. The number of nitrogens with two attached hydrogens (primary N) is 2. The molecule has 0 aromatic heterocycles. The molecule has 0 bridgehead atoms. The van der Waals surface area contributed by atoms with Gasteiger partial charge in [0.05, 0.1) is 12.6 Å². The van der Waals surface area contributed by atoms with Crippen LogP contribution in [-0.4, -0.2) is 72.4 Å². The second-order valence-corrected chi connectivity index (χ2v) is 8.64. The summed E-state index contributed by atoms with van der Waals surface area (Å²) in [6, 6.07) is 7.64. The maximum atomic E-state index is 13.6. The van der Waals surface area contributed by atoms with Gasteiger partial charge in [-0.2, -0.15) is 0 Å². The largest absolute Gasteiger partial charge is 0.450 e. The van der Waals surface area contributed by atoms with E-state index in [2.05, 4.69) is 15.6 Å². The summed E-state index contributed by atoms with van der Waals surface area (Å²) in [5.74, 6) is -0.838. The Morgan fingerprint density at radius 1 is 1.22 bits per heavy atom. The van der Waals surface area contributed by atoms with Crippen molar-refractivity contribution < 1.29 is 23.9 Å². The van der Waals surface area contributed by atoms with Crippen LogP contribution in [0.3, 0.4) is 0 Å². The van der Waals surface area contributed by atoms with E-state index in [9.17, 15) is 19.2 Å². The molecule has 36 heavy (non-hydrogen) atoms. The molecule has 1 saturated heterocycles. The van der Waals surface area contributed by atoms with Crippen LogP contribution in [0.4, 0.5) is 4.79 Å². The van der Waals surface area contributed by atoms with E-state index in [0.29, 0.717) is 45.1 Å². The minimum absolute atomic E-state index is 0. The summed E-state index contributed by atoms with van der Waals surface area (Å²) in [4.78, 5) is 55.9. The van der Waals surface area contributed by atoms with Crippen molar-refractivity contribution in [2.24, 2.45) is 16.5 Å². The highest BCUT2D eigenvalue weighted by molar-refractivity contribution is 5.95. The lowest BCUT2D eigenvalue weighted by atomic mass is 9.95. The van der Waals surface area contributed by atoms with E-state index in [1.807, 2.05) is 30.3 Å². The van der Waals surface area contributed by atoms with Crippen molar-refractivity contribution in [3.63, 3.8) is 0 Å². The topological polar surface area (TPSA) is 169 Å². The second kappa shape index (κ2) is 14.9. The molecule has 1 aromatic carbocycles. The molecule has 1 aromatic rings. The van der Waals surface area contributed by atoms with Crippen LogP contribution >= 0.6 is 12.4 Å². The van der Waals surface area contributed by atoms with Gasteiger partial charge in [0.15, 0.2) is 5.96 Å². The lowest BCUT2D eigenvalue weighted by molar-refractivity contribution is -0.146. The first-order chi connectivity index (χ1) is 16.7. The Balaban J connectivity index is 0.00000648. The van der Waals surface area contributed by atoms with Crippen molar-refractivity contribution in [2.75, 3.05) is 19.7 Å². The number of likely N-dealkylation sites (tertiary alicyclic amines) is 1. The molecule has 0 radical (unpaired) electrons. The average Bonchev–Trinajstić information content (AvgIpc) is 3.23. The molecule has 2 rings (SSSR count). The van der Waals surface area contributed by atoms with E-state index in [1.54, 1.807) is 13.8 Å². The van der Waals surface area contributed by atoms with Gasteiger partial charge in [-0.25, -0.2) is 4.79 Å². The molecule has 3 atom stereocenters. The number of amides is 3. The number of benzene rings is 1. The van der Waals surface area contributed by atoms with Crippen LogP contribution in [0.15, 0.2) is 35.3 Å². The molecule has 1 fully saturated rings. The predicted molar refractivity (Wildman–Crippen MR) is 139 cm³/mol. The molecule has 11 nitrogen and oxygen atoms in total. The zero-order valence-corrected chi connectivity index (χ0v) is 21.6. The maximum Gasteiger partial charge on any atom is 0.407 e. The number of nitrogens with one attached hydrogen (secondary N) is 2. The number of aliphatic imine (C=N–C) groups is 1. The van der Waals surface area contributed by atoms with Gasteiger partial charge in [0.2, 0.25) is 11.8 Å². The summed E-state index contributed by atoms with van der Waals surface area (Å²) in [5, 5.41) is 5.39. The first-order valence-corrected chi connectivity index (χ1v) is 11.8. The quantitative estimate of drug-likeness (QED) is 0.136. The number of aldehydes is 1. The molecule has 1 heterocycles. The predicted octanol–water partition coefficient (Wildman–Crippen LogP) is 0.884. The van der Waals surface area contributed by atoms with Crippen LogP contribution in [0.1, 0.15) is 45.1 Å². The molecular formula is C24H37ClN6O5. The van der Waals surface area contributed by atoms with E-state index in [-0.39, 0.29) is 37.3 Å². The standard InChI is InChI=1S/C24H36N6O5.ClH/c1-3-35-23(34)29-19(15-17-9-5-4-6-10-17)20(32)30-14-8-12-24(30,2)21(33)28-18(16-31)11-7-13-27-22(25)26;/h4-6,9-10,16,18-19H,3,7-8,11-15H2,1-2H3,(H,28,33)(H,29,34)(H4,25,26,27);1H/t18-,19+,24-;/m0./s1. The number of halogens is 1. The first kappa shape index (κ1) is 30.7. The minimum Gasteiger partial charge on any atom is -0.450 e. The Kier molecular flexibility index (Phi) is 12.7. The second-order valence-electron chi connectivity index (χ2n) is 8.64. The van der Waals surface area contributed by atoms with Gasteiger partial charge in [-0.15, -0.1) is 12.4 Å². The van der Waals surface area contributed by atoms with Crippen LogP contribution in [0.5, 0.6) is 0 Å². The molecule has 0 saturated carbocycles. The number of carbonyl (C=O) groups is 4. The summed E-state index contributed by atoms with van der Waals surface area (Å²) in [6.07, 6.45) is 2.12. The van der Waals surface area contributed by atoms with E-state index in [0.717, 1.165) is 5.56 Å². The van der Waals surface area contributed by atoms with Crippen LogP contribution in [0, 0.1) is 0 Å². The number of rotatable bonds is 12. The van der Waals surface area contributed by atoms with Crippen molar-refractivity contribution in [3.8, 4) is 0 Å². The number of hydrogen-bond acceptors (Lipinski definition) is 6. The number of nitrogens with zero attached hydrogens (tertiary/aromatic N) is 2. The van der Waals surface area contributed by atoms with E-state index in [4.69, 9.17) is 16.2 Å². The van der Waals surface area contributed by atoms with Gasteiger partial charge < -0.3 is 36.5 Å². The monoisotopic (exact) mass is 524 g/mol. The van der Waals surface area contributed by atoms with Gasteiger partial charge in [-0.3, -0.25) is 14.6 Å². The van der Waals surface area contributed by atoms with E-state index in [1.165, 1.54) is 4.90 Å². The minimum atomic E-state index is -1.16. The van der Waals surface area contributed by atoms with Crippen LogP contribution < -0.4 is 22.1 Å². The van der Waals surface area contributed by atoms with Crippen LogP contribution in [0.25, 0.3) is 0 Å². The zero-order chi connectivity index (χ0) is 25.8. The van der Waals surface area contributed by atoms with Crippen molar-refractivity contribution in [1.29, 1.82) is 0 Å². The molecule has 6 N–H and O–H groups in total. The van der Waals surface area contributed by atoms with Crippen molar-refractivity contribution >= 4 is 42.6 Å². The Morgan fingerprint density at radius 2 is 1.92 bits per heavy atom.